The number of carbonyl (C=O) groups excluding carboxylic acids is 1. The van der Waals surface area contributed by atoms with Crippen LogP contribution in [0.15, 0.2) is 92.4 Å². The maximum atomic E-state index is 13.2. The summed E-state index contributed by atoms with van der Waals surface area (Å²) in [5.41, 5.74) is 4.19. The van der Waals surface area contributed by atoms with Crippen molar-refractivity contribution in [1.29, 1.82) is 0 Å². The average Bonchev–Trinajstić information content (AvgIpc) is 3.01. The summed E-state index contributed by atoms with van der Waals surface area (Å²) in [6, 6.07) is 23.5. The lowest BCUT2D eigenvalue weighted by atomic mass is 10.1. The monoisotopic (exact) mass is 494 g/mol. The zero-order valence-corrected chi connectivity index (χ0v) is 18.2. The molecule has 3 aromatic carbocycles. The quantitative estimate of drug-likeness (QED) is 0.389. The summed E-state index contributed by atoms with van der Waals surface area (Å²) in [5.74, 6) is 0.497. The fraction of sp³-hybridized carbons (Fsp3) is 0.0435. The lowest BCUT2D eigenvalue weighted by Crippen LogP contribution is -2.32. The molecule has 1 aliphatic rings. The maximum absolute atomic E-state index is 13.2. The molecule has 0 radical (unpaired) electrons. The minimum Gasteiger partial charge on any atom is -0.266 e. The second kappa shape index (κ2) is 7.86. The summed E-state index contributed by atoms with van der Waals surface area (Å²) in [6.07, 6.45) is 1.82. The smallest absolute Gasteiger partial charge is 0.266 e. The standard InChI is InChI=1S/C23H16Br2N2O/c1-15-2-6-17(7-3-15)22-26-21(14-16-4-8-18(24)9-5-16)23(28)27(22)20-12-10-19(25)11-13-20/h2-14H,1H3/b21-14-. The first-order chi connectivity index (χ1) is 13.5. The fourth-order valence-electron chi connectivity index (χ4n) is 2.96. The molecule has 1 heterocycles. The summed E-state index contributed by atoms with van der Waals surface area (Å²) in [4.78, 5) is 19.6. The van der Waals surface area contributed by atoms with E-state index in [0.29, 0.717) is 11.5 Å². The molecule has 28 heavy (non-hydrogen) atoms. The van der Waals surface area contributed by atoms with Crippen LogP contribution in [0.4, 0.5) is 5.69 Å². The van der Waals surface area contributed by atoms with E-state index in [1.165, 1.54) is 0 Å². The van der Waals surface area contributed by atoms with E-state index in [-0.39, 0.29) is 5.91 Å². The summed E-state index contributed by atoms with van der Waals surface area (Å²) in [6.45, 7) is 2.04. The van der Waals surface area contributed by atoms with Crippen molar-refractivity contribution in [2.45, 2.75) is 6.92 Å². The largest absolute Gasteiger partial charge is 0.282 e. The number of hydrogen-bond acceptors (Lipinski definition) is 2. The van der Waals surface area contributed by atoms with Crippen molar-refractivity contribution in [3.63, 3.8) is 0 Å². The number of aryl methyl sites for hydroxylation is 1. The third kappa shape index (κ3) is 3.86. The van der Waals surface area contributed by atoms with Crippen molar-refractivity contribution in [2.75, 3.05) is 4.90 Å². The summed E-state index contributed by atoms with van der Waals surface area (Å²) < 4.78 is 1.95. The van der Waals surface area contributed by atoms with Gasteiger partial charge in [-0.05, 0) is 55.0 Å². The highest BCUT2D eigenvalue weighted by molar-refractivity contribution is 9.10. The molecule has 1 aliphatic heterocycles. The lowest BCUT2D eigenvalue weighted by Gasteiger charge is -2.18. The van der Waals surface area contributed by atoms with E-state index in [1.807, 2.05) is 85.8 Å². The van der Waals surface area contributed by atoms with Crippen LogP contribution in [0.1, 0.15) is 16.7 Å². The molecule has 1 amide bonds. The molecule has 138 valence electrons. The van der Waals surface area contributed by atoms with Crippen LogP contribution < -0.4 is 4.90 Å². The van der Waals surface area contributed by atoms with E-state index in [4.69, 9.17) is 4.99 Å². The van der Waals surface area contributed by atoms with Crippen molar-refractivity contribution < 1.29 is 4.79 Å². The van der Waals surface area contributed by atoms with Gasteiger partial charge in [0.2, 0.25) is 0 Å². The van der Waals surface area contributed by atoms with Crippen LogP contribution >= 0.6 is 31.9 Å². The molecule has 0 spiro atoms. The molecular formula is C23H16Br2N2O. The number of benzene rings is 3. The fourth-order valence-corrected chi connectivity index (χ4v) is 3.49. The van der Waals surface area contributed by atoms with Gasteiger partial charge < -0.3 is 0 Å². The molecule has 0 N–H and O–H groups in total. The normalized spacial score (nSPS) is 15.2. The van der Waals surface area contributed by atoms with E-state index in [0.717, 1.165) is 31.3 Å². The van der Waals surface area contributed by atoms with Gasteiger partial charge in [0.15, 0.2) is 0 Å². The molecule has 3 aromatic rings. The van der Waals surface area contributed by atoms with Crippen LogP contribution in [0, 0.1) is 6.92 Å². The van der Waals surface area contributed by atoms with Crippen LogP contribution in [0.3, 0.4) is 0 Å². The number of amidine groups is 1. The minimum atomic E-state index is -0.138. The second-order valence-electron chi connectivity index (χ2n) is 6.50. The van der Waals surface area contributed by atoms with E-state index < -0.39 is 0 Å². The van der Waals surface area contributed by atoms with Crippen molar-refractivity contribution >= 4 is 55.4 Å². The molecule has 5 heteroatoms. The third-order valence-electron chi connectivity index (χ3n) is 4.43. The Morgan fingerprint density at radius 3 is 2.00 bits per heavy atom. The molecule has 0 aliphatic carbocycles. The van der Waals surface area contributed by atoms with Gasteiger partial charge in [-0.2, -0.15) is 0 Å². The molecule has 0 saturated carbocycles. The number of aliphatic imine (C=N–C) groups is 1. The topological polar surface area (TPSA) is 32.7 Å². The van der Waals surface area contributed by atoms with Crippen LogP contribution in [0.5, 0.6) is 0 Å². The average molecular weight is 496 g/mol. The Labute approximate surface area is 180 Å². The first-order valence-corrected chi connectivity index (χ1v) is 10.3. The zero-order chi connectivity index (χ0) is 19.7. The zero-order valence-electron chi connectivity index (χ0n) is 15.1. The van der Waals surface area contributed by atoms with Crippen LogP contribution in [-0.2, 0) is 4.79 Å². The molecule has 0 saturated heterocycles. The number of halogens is 2. The van der Waals surface area contributed by atoms with Crippen LogP contribution in [0.25, 0.3) is 6.08 Å². The Kier molecular flexibility index (Phi) is 5.29. The van der Waals surface area contributed by atoms with Crippen molar-refractivity contribution in [3.05, 3.63) is 104 Å². The van der Waals surface area contributed by atoms with Gasteiger partial charge in [0.05, 0.1) is 5.69 Å². The second-order valence-corrected chi connectivity index (χ2v) is 8.33. The van der Waals surface area contributed by atoms with Crippen molar-refractivity contribution in [3.8, 4) is 0 Å². The van der Waals surface area contributed by atoms with Crippen molar-refractivity contribution in [1.82, 2.24) is 0 Å². The summed E-state index contributed by atoms with van der Waals surface area (Å²) in [7, 11) is 0. The van der Waals surface area contributed by atoms with E-state index in [1.54, 1.807) is 4.90 Å². The SMILES string of the molecule is Cc1ccc(C2=N/C(=C\c3ccc(Br)cc3)C(=O)N2c2ccc(Br)cc2)cc1. The molecule has 0 aromatic heterocycles. The van der Waals surface area contributed by atoms with Gasteiger partial charge >= 0.3 is 0 Å². The Morgan fingerprint density at radius 1 is 0.821 bits per heavy atom. The van der Waals surface area contributed by atoms with Gasteiger partial charge in [-0.3, -0.25) is 9.69 Å². The number of carbonyl (C=O) groups is 1. The van der Waals surface area contributed by atoms with Gasteiger partial charge in [0.25, 0.3) is 5.91 Å². The van der Waals surface area contributed by atoms with E-state index in [9.17, 15) is 4.79 Å². The highest BCUT2D eigenvalue weighted by Gasteiger charge is 2.32. The predicted molar refractivity (Wildman–Crippen MR) is 121 cm³/mol. The number of amides is 1. The molecule has 4 rings (SSSR count). The highest BCUT2D eigenvalue weighted by Crippen LogP contribution is 2.29. The number of hydrogen-bond donors (Lipinski definition) is 0. The molecule has 3 nitrogen and oxygen atoms in total. The Hall–Kier alpha value is -2.50. The van der Waals surface area contributed by atoms with Gasteiger partial charge in [-0.1, -0.05) is 73.8 Å². The lowest BCUT2D eigenvalue weighted by molar-refractivity contribution is -0.113. The maximum Gasteiger partial charge on any atom is 0.282 e. The van der Waals surface area contributed by atoms with Crippen LogP contribution in [0.2, 0.25) is 0 Å². The molecule has 0 unspecified atom stereocenters. The highest BCUT2D eigenvalue weighted by atomic mass is 79.9. The minimum absolute atomic E-state index is 0.138. The summed E-state index contributed by atoms with van der Waals surface area (Å²) in [5, 5.41) is 0. The van der Waals surface area contributed by atoms with Gasteiger partial charge in [0.1, 0.15) is 11.5 Å². The molecule has 0 fully saturated rings. The third-order valence-corrected chi connectivity index (χ3v) is 5.49. The van der Waals surface area contributed by atoms with E-state index >= 15 is 0 Å². The Bertz CT molecular complexity index is 1080. The Balaban J connectivity index is 1.81. The van der Waals surface area contributed by atoms with Crippen LogP contribution in [-0.4, -0.2) is 11.7 Å². The molecule has 0 atom stereocenters. The number of rotatable bonds is 3. The predicted octanol–water partition coefficient (Wildman–Crippen LogP) is 6.35. The van der Waals surface area contributed by atoms with Crippen molar-refractivity contribution in [2.24, 2.45) is 4.99 Å². The number of anilines is 1. The number of nitrogens with zero attached hydrogens (tertiary/aromatic N) is 2. The first kappa shape index (κ1) is 18.8. The molecule has 0 bridgehead atoms. The first-order valence-electron chi connectivity index (χ1n) is 8.74. The Morgan fingerprint density at radius 2 is 1.39 bits per heavy atom. The van der Waals surface area contributed by atoms with Gasteiger partial charge in [-0.25, -0.2) is 4.99 Å². The van der Waals surface area contributed by atoms with E-state index in [2.05, 4.69) is 31.9 Å². The van der Waals surface area contributed by atoms with Gasteiger partial charge in [0, 0.05) is 14.5 Å². The van der Waals surface area contributed by atoms with Gasteiger partial charge in [-0.15, -0.1) is 0 Å². The summed E-state index contributed by atoms with van der Waals surface area (Å²) >= 11 is 6.88. The molecular weight excluding hydrogens is 480 g/mol.